The number of benzene rings is 2. The summed E-state index contributed by atoms with van der Waals surface area (Å²) in [6.07, 6.45) is 1.46. The Balaban J connectivity index is 1.46. The number of fused-ring (bicyclic) bond motifs is 1. The minimum absolute atomic E-state index is 0.0567. The van der Waals surface area contributed by atoms with E-state index in [-0.39, 0.29) is 11.4 Å². The molecule has 1 N–H and O–H groups in total. The SMILES string of the molecule is COC(=O)c1ccccc1-c1ccc(C=C2C(=N)N3N=C(c4ccccc4C)SC3=NC2=O)o1. The van der Waals surface area contributed by atoms with E-state index >= 15 is 0 Å². The van der Waals surface area contributed by atoms with Crippen molar-refractivity contribution < 1.29 is 18.7 Å². The van der Waals surface area contributed by atoms with E-state index in [0.29, 0.717) is 32.9 Å². The lowest BCUT2D eigenvalue weighted by molar-refractivity contribution is -0.114. The average Bonchev–Trinajstić information content (AvgIpc) is 3.49. The Morgan fingerprint density at radius 2 is 1.82 bits per heavy atom. The number of carbonyl (C=O) groups excluding carboxylic acids is 2. The molecule has 0 saturated carbocycles. The maximum absolute atomic E-state index is 12.7. The lowest BCUT2D eigenvalue weighted by atomic mass is 10.1. The number of ether oxygens (including phenoxy) is 1. The lowest BCUT2D eigenvalue weighted by Crippen LogP contribution is -2.35. The Morgan fingerprint density at radius 3 is 2.59 bits per heavy atom. The Kier molecular flexibility index (Phi) is 5.46. The molecule has 0 fully saturated rings. The van der Waals surface area contributed by atoms with Crippen molar-refractivity contribution in [2.45, 2.75) is 6.92 Å². The zero-order valence-corrected chi connectivity index (χ0v) is 19.1. The van der Waals surface area contributed by atoms with Crippen molar-refractivity contribution in [2.24, 2.45) is 10.1 Å². The molecule has 2 aromatic carbocycles. The van der Waals surface area contributed by atoms with E-state index in [2.05, 4.69) is 10.1 Å². The highest BCUT2D eigenvalue weighted by Gasteiger charge is 2.36. The number of aliphatic imine (C=N–C) groups is 1. The third-order valence-corrected chi connectivity index (χ3v) is 6.28. The Morgan fingerprint density at radius 1 is 1.09 bits per heavy atom. The van der Waals surface area contributed by atoms with Gasteiger partial charge in [0.2, 0.25) is 5.17 Å². The molecule has 3 heterocycles. The summed E-state index contributed by atoms with van der Waals surface area (Å²) >= 11 is 1.26. The second-order valence-corrected chi connectivity index (χ2v) is 8.44. The molecule has 168 valence electrons. The summed E-state index contributed by atoms with van der Waals surface area (Å²) in [6.45, 7) is 1.98. The molecule has 0 spiro atoms. The molecule has 8 nitrogen and oxygen atoms in total. The Labute approximate surface area is 199 Å². The van der Waals surface area contributed by atoms with Crippen LogP contribution in [0.3, 0.4) is 0 Å². The highest BCUT2D eigenvalue weighted by molar-refractivity contribution is 8.27. The summed E-state index contributed by atoms with van der Waals surface area (Å²) in [6, 6.07) is 18.1. The van der Waals surface area contributed by atoms with Gasteiger partial charge in [0.05, 0.1) is 18.2 Å². The molecule has 3 aromatic rings. The standard InChI is InChI=1S/C25H18N4O4S/c1-14-7-3-4-8-16(14)23-28-29-21(26)19(22(30)27-25(29)34-23)13-15-11-12-20(33-15)17-9-5-6-10-18(17)24(31)32-2/h3-13,26H,1-2H3. The van der Waals surface area contributed by atoms with Gasteiger partial charge < -0.3 is 9.15 Å². The minimum Gasteiger partial charge on any atom is -0.465 e. The van der Waals surface area contributed by atoms with Gasteiger partial charge >= 0.3 is 5.97 Å². The predicted molar refractivity (Wildman–Crippen MR) is 131 cm³/mol. The Hall–Kier alpha value is -4.24. The van der Waals surface area contributed by atoms with Gasteiger partial charge in [0.25, 0.3) is 5.91 Å². The fraction of sp³-hybridized carbons (Fsp3) is 0.0800. The number of hydrazone groups is 1. The summed E-state index contributed by atoms with van der Waals surface area (Å²) in [5.41, 5.74) is 2.95. The fourth-order valence-corrected chi connectivity index (χ4v) is 4.60. The van der Waals surface area contributed by atoms with Crippen LogP contribution in [-0.4, -0.2) is 40.0 Å². The van der Waals surface area contributed by atoms with Crippen molar-refractivity contribution in [1.29, 1.82) is 5.41 Å². The summed E-state index contributed by atoms with van der Waals surface area (Å²) < 4.78 is 10.7. The van der Waals surface area contributed by atoms with Gasteiger partial charge in [-0.05, 0) is 48.5 Å². The first-order valence-electron chi connectivity index (χ1n) is 10.3. The molecular weight excluding hydrogens is 452 g/mol. The Bertz CT molecular complexity index is 1450. The van der Waals surface area contributed by atoms with Crippen molar-refractivity contribution >= 4 is 45.8 Å². The van der Waals surface area contributed by atoms with Gasteiger partial charge in [-0.1, -0.05) is 42.5 Å². The first-order valence-corrected chi connectivity index (χ1v) is 11.1. The number of carbonyl (C=O) groups is 2. The number of nitrogens with zero attached hydrogens (tertiary/aromatic N) is 3. The molecule has 0 saturated heterocycles. The highest BCUT2D eigenvalue weighted by atomic mass is 32.2. The van der Waals surface area contributed by atoms with Gasteiger partial charge in [0, 0.05) is 11.1 Å². The van der Waals surface area contributed by atoms with Gasteiger partial charge in [-0.2, -0.15) is 15.1 Å². The number of esters is 1. The normalized spacial score (nSPS) is 16.4. The van der Waals surface area contributed by atoms with Gasteiger partial charge in [0.1, 0.15) is 16.6 Å². The molecule has 2 aliphatic rings. The quantitative estimate of drug-likeness (QED) is 0.437. The monoisotopic (exact) mass is 470 g/mol. The summed E-state index contributed by atoms with van der Waals surface area (Å²) in [5, 5.41) is 15.5. The molecule has 0 radical (unpaired) electrons. The van der Waals surface area contributed by atoms with Crippen molar-refractivity contribution in [3.63, 3.8) is 0 Å². The van der Waals surface area contributed by atoms with Gasteiger partial charge in [-0.3, -0.25) is 10.2 Å². The van der Waals surface area contributed by atoms with E-state index in [1.54, 1.807) is 36.4 Å². The van der Waals surface area contributed by atoms with Crippen LogP contribution >= 0.6 is 11.8 Å². The molecule has 0 bridgehead atoms. The second kappa shape index (κ2) is 8.60. The van der Waals surface area contributed by atoms with E-state index in [9.17, 15) is 9.59 Å². The van der Waals surface area contributed by atoms with E-state index in [1.165, 1.54) is 30.0 Å². The third-order valence-electron chi connectivity index (χ3n) is 5.34. The number of hydrogen-bond acceptors (Lipinski definition) is 7. The lowest BCUT2D eigenvalue weighted by Gasteiger charge is -2.19. The van der Waals surface area contributed by atoms with Crippen LogP contribution in [0.5, 0.6) is 0 Å². The molecule has 2 aliphatic heterocycles. The van der Waals surface area contributed by atoms with Crippen LogP contribution in [0.1, 0.15) is 27.2 Å². The number of aryl methyl sites for hydroxylation is 1. The van der Waals surface area contributed by atoms with Crippen LogP contribution < -0.4 is 0 Å². The molecule has 1 amide bonds. The van der Waals surface area contributed by atoms with E-state index in [0.717, 1.165) is 11.1 Å². The van der Waals surface area contributed by atoms with Crippen LogP contribution in [0, 0.1) is 12.3 Å². The number of rotatable bonds is 4. The van der Waals surface area contributed by atoms with E-state index in [4.69, 9.17) is 14.6 Å². The number of hydrogen-bond donors (Lipinski definition) is 1. The number of thioether (sulfide) groups is 1. The fourth-order valence-electron chi connectivity index (χ4n) is 3.62. The number of furan rings is 1. The maximum atomic E-state index is 12.7. The zero-order chi connectivity index (χ0) is 23.8. The highest BCUT2D eigenvalue weighted by Crippen LogP contribution is 2.33. The molecule has 34 heavy (non-hydrogen) atoms. The summed E-state index contributed by atoms with van der Waals surface area (Å²) in [7, 11) is 1.32. The smallest absolute Gasteiger partial charge is 0.338 e. The van der Waals surface area contributed by atoms with Crippen molar-refractivity contribution in [2.75, 3.05) is 7.11 Å². The van der Waals surface area contributed by atoms with Crippen LogP contribution in [0.2, 0.25) is 0 Å². The molecular formula is C25H18N4O4S. The average molecular weight is 471 g/mol. The zero-order valence-electron chi connectivity index (χ0n) is 18.2. The molecule has 0 unspecified atom stereocenters. The first-order chi connectivity index (χ1) is 16.5. The van der Waals surface area contributed by atoms with Gasteiger partial charge in [-0.25, -0.2) is 4.79 Å². The minimum atomic E-state index is -0.544. The van der Waals surface area contributed by atoms with Crippen LogP contribution in [-0.2, 0) is 9.53 Å². The van der Waals surface area contributed by atoms with E-state index in [1.807, 2.05) is 31.2 Å². The topological polar surface area (TPSA) is 108 Å². The number of amides is 1. The van der Waals surface area contributed by atoms with Gasteiger partial charge in [0.15, 0.2) is 5.84 Å². The maximum Gasteiger partial charge on any atom is 0.338 e. The van der Waals surface area contributed by atoms with Crippen LogP contribution in [0.4, 0.5) is 0 Å². The molecule has 5 rings (SSSR count). The van der Waals surface area contributed by atoms with Crippen LogP contribution in [0.25, 0.3) is 17.4 Å². The number of methoxy groups -OCH3 is 1. The molecule has 0 aliphatic carbocycles. The molecule has 0 atom stereocenters. The first kappa shape index (κ1) is 21.6. The second-order valence-electron chi connectivity index (χ2n) is 7.48. The number of amidine groups is 2. The summed E-state index contributed by atoms with van der Waals surface area (Å²) in [5.74, 6) is -0.330. The summed E-state index contributed by atoms with van der Waals surface area (Å²) in [4.78, 5) is 29.0. The van der Waals surface area contributed by atoms with E-state index < -0.39 is 11.9 Å². The number of nitrogens with one attached hydrogen (secondary N) is 1. The largest absolute Gasteiger partial charge is 0.465 e. The van der Waals surface area contributed by atoms with Crippen LogP contribution in [0.15, 0.2) is 80.7 Å². The molecule has 9 heteroatoms. The van der Waals surface area contributed by atoms with Gasteiger partial charge in [-0.15, -0.1) is 0 Å². The molecule has 1 aromatic heterocycles. The van der Waals surface area contributed by atoms with Crippen molar-refractivity contribution in [3.05, 3.63) is 88.7 Å². The predicted octanol–water partition coefficient (Wildman–Crippen LogP) is 4.71. The van der Waals surface area contributed by atoms with Crippen molar-refractivity contribution in [3.8, 4) is 11.3 Å². The third kappa shape index (κ3) is 3.75. The van der Waals surface area contributed by atoms with Crippen molar-refractivity contribution in [1.82, 2.24) is 5.01 Å².